The molecule has 12 heteroatoms. The van der Waals surface area contributed by atoms with E-state index in [1.165, 1.54) is 18.0 Å². The SMILES string of the molecule is Cc1cc(Nc2ncc(Cl)c(Nc3cccnc3S(=O)(=O)OC(C)C)n2)c(OC(C)C)cc1C1CCNCC1. The Morgan fingerprint density at radius 2 is 1.79 bits per heavy atom. The van der Waals surface area contributed by atoms with Gasteiger partial charge in [-0.2, -0.15) is 13.4 Å². The number of benzene rings is 1. The summed E-state index contributed by atoms with van der Waals surface area (Å²) >= 11 is 6.39. The van der Waals surface area contributed by atoms with Crippen molar-refractivity contribution >= 4 is 44.9 Å². The molecule has 0 atom stereocenters. The van der Waals surface area contributed by atoms with Crippen molar-refractivity contribution in [1.29, 1.82) is 0 Å². The summed E-state index contributed by atoms with van der Waals surface area (Å²) in [6.07, 6.45) is 4.40. The molecular formula is C27H35ClN6O4S. The third kappa shape index (κ3) is 7.36. The first-order valence-electron chi connectivity index (χ1n) is 13.0. The molecule has 1 aliphatic rings. The molecule has 210 valence electrons. The molecular weight excluding hydrogens is 540 g/mol. The van der Waals surface area contributed by atoms with E-state index in [4.69, 9.17) is 20.5 Å². The van der Waals surface area contributed by atoms with Gasteiger partial charge in [0, 0.05) is 6.20 Å². The fourth-order valence-electron chi connectivity index (χ4n) is 4.47. The number of ether oxygens (including phenoxy) is 1. The second kappa shape index (κ2) is 12.5. The van der Waals surface area contributed by atoms with Gasteiger partial charge in [0.25, 0.3) is 0 Å². The van der Waals surface area contributed by atoms with Crippen LogP contribution >= 0.6 is 11.6 Å². The first-order valence-corrected chi connectivity index (χ1v) is 14.8. The molecule has 0 unspecified atom stereocenters. The lowest BCUT2D eigenvalue weighted by Crippen LogP contribution is -2.27. The molecule has 3 aromatic rings. The maximum Gasteiger partial charge on any atom is 0.316 e. The van der Waals surface area contributed by atoms with Crippen molar-refractivity contribution in [3.8, 4) is 5.75 Å². The largest absolute Gasteiger partial charge is 0.489 e. The Kier molecular flexibility index (Phi) is 9.27. The van der Waals surface area contributed by atoms with Crippen LogP contribution in [0, 0.1) is 6.92 Å². The standard InChI is InChI=1S/C27H35ClN6O4S/c1-16(2)37-24-14-20(19-8-11-29-12-9-19)18(5)13-23(24)33-27-31-15-21(28)25(34-27)32-22-7-6-10-30-26(22)39(35,36)38-17(3)4/h6-7,10,13-17,19,29H,8-9,11-12H2,1-5H3,(H2,31,32,33,34). The fraction of sp³-hybridized carbons (Fsp3) is 0.444. The van der Waals surface area contributed by atoms with E-state index >= 15 is 0 Å². The molecule has 0 amide bonds. The van der Waals surface area contributed by atoms with Gasteiger partial charge in [-0.15, -0.1) is 0 Å². The zero-order valence-electron chi connectivity index (χ0n) is 22.8. The number of halogens is 1. The third-order valence-electron chi connectivity index (χ3n) is 6.08. The lowest BCUT2D eigenvalue weighted by Gasteiger charge is -2.26. The number of hydrogen-bond donors (Lipinski definition) is 3. The van der Waals surface area contributed by atoms with Crippen LogP contribution in [0.2, 0.25) is 5.02 Å². The van der Waals surface area contributed by atoms with E-state index in [1.807, 2.05) is 13.8 Å². The Bertz CT molecular complexity index is 1410. The second-order valence-corrected chi connectivity index (χ2v) is 11.9. The van der Waals surface area contributed by atoms with Gasteiger partial charge >= 0.3 is 10.1 Å². The Morgan fingerprint density at radius 3 is 2.49 bits per heavy atom. The highest BCUT2D eigenvalue weighted by Gasteiger charge is 2.24. The Hall–Kier alpha value is -2.99. The summed E-state index contributed by atoms with van der Waals surface area (Å²) in [5.41, 5.74) is 3.34. The molecule has 0 saturated carbocycles. The van der Waals surface area contributed by atoms with Crippen LogP contribution in [0.1, 0.15) is 57.6 Å². The van der Waals surface area contributed by atoms with Crippen molar-refractivity contribution in [1.82, 2.24) is 20.3 Å². The van der Waals surface area contributed by atoms with Gasteiger partial charge in [-0.25, -0.2) is 9.97 Å². The van der Waals surface area contributed by atoms with E-state index in [0.29, 0.717) is 11.7 Å². The van der Waals surface area contributed by atoms with E-state index in [9.17, 15) is 8.42 Å². The van der Waals surface area contributed by atoms with Crippen LogP contribution in [0.3, 0.4) is 0 Å². The number of anilines is 4. The lowest BCUT2D eigenvalue weighted by atomic mass is 9.87. The Balaban J connectivity index is 1.65. The van der Waals surface area contributed by atoms with Crippen LogP contribution in [0.15, 0.2) is 41.7 Å². The maximum atomic E-state index is 12.7. The minimum absolute atomic E-state index is 0.0310. The highest BCUT2D eigenvalue weighted by atomic mass is 35.5. The van der Waals surface area contributed by atoms with Crippen molar-refractivity contribution in [3.05, 3.63) is 52.8 Å². The van der Waals surface area contributed by atoms with Crippen molar-refractivity contribution in [2.75, 3.05) is 23.7 Å². The molecule has 3 heterocycles. The first-order chi connectivity index (χ1) is 18.5. The molecule has 4 rings (SSSR count). The highest BCUT2D eigenvalue weighted by molar-refractivity contribution is 7.86. The molecule has 0 aliphatic carbocycles. The van der Waals surface area contributed by atoms with Crippen molar-refractivity contribution < 1.29 is 17.3 Å². The van der Waals surface area contributed by atoms with E-state index in [2.05, 4.69) is 50.0 Å². The molecule has 0 radical (unpaired) electrons. The van der Waals surface area contributed by atoms with Gasteiger partial charge in [0.15, 0.2) is 5.82 Å². The number of pyridine rings is 1. The molecule has 10 nitrogen and oxygen atoms in total. The number of piperidine rings is 1. The molecule has 0 spiro atoms. The average molecular weight is 575 g/mol. The topological polar surface area (TPSA) is 127 Å². The summed E-state index contributed by atoms with van der Waals surface area (Å²) in [6, 6.07) is 7.33. The predicted molar refractivity (Wildman–Crippen MR) is 153 cm³/mol. The molecule has 0 bridgehead atoms. The normalized spacial score (nSPS) is 14.6. The monoisotopic (exact) mass is 574 g/mol. The predicted octanol–water partition coefficient (Wildman–Crippen LogP) is 5.69. The summed E-state index contributed by atoms with van der Waals surface area (Å²) in [7, 11) is -4.11. The van der Waals surface area contributed by atoms with Gasteiger partial charge in [-0.1, -0.05) is 11.6 Å². The van der Waals surface area contributed by atoms with Gasteiger partial charge < -0.3 is 20.7 Å². The zero-order valence-corrected chi connectivity index (χ0v) is 24.4. The minimum Gasteiger partial charge on any atom is -0.489 e. The number of aromatic nitrogens is 3. The van der Waals surface area contributed by atoms with Crippen LogP contribution in [0.25, 0.3) is 0 Å². The average Bonchev–Trinajstić information content (AvgIpc) is 2.87. The molecule has 3 N–H and O–H groups in total. The smallest absolute Gasteiger partial charge is 0.316 e. The Morgan fingerprint density at radius 1 is 1.05 bits per heavy atom. The molecule has 1 aromatic carbocycles. The van der Waals surface area contributed by atoms with Gasteiger partial charge in [0.05, 0.1) is 29.8 Å². The van der Waals surface area contributed by atoms with E-state index in [-0.39, 0.29) is 33.6 Å². The van der Waals surface area contributed by atoms with Gasteiger partial charge in [-0.05, 0) is 102 Å². The number of aryl methyl sites for hydroxylation is 1. The van der Waals surface area contributed by atoms with Gasteiger partial charge in [-0.3, -0.25) is 4.18 Å². The summed E-state index contributed by atoms with van der Waals surface area (Å²) in [4.78, 5) is 12.9. The number of nitrogens with one attached hydrogen (secondary N) is 3. The van der Waals surface area contributed by atoms with E-state index in [0.717, 1.165) is 37.2 Å². The first kappa shape index (κ1) is 29.0. The molecule has 1 aliphatic heterocycles. The van der Waals surface area contributed by atoms with Crippen molar-refractivity contribution in [2.45, 2.75) is 70.6 Å². The van der Waals surface area contributed by atoms with Crippen LogP contribution in [0.5, 0.6) is 5.75 Å². The Labute approximate surface area is 235 Å². The number of nitrogens with zero attached hydrogens (tertiary/aromatic N) is 3. The molecule has 2 aromatic heterocycles. The molecule has 1 saturated heterocycles. The van der Waals surface area contributed by atoms with Crippen molar-refractivity contribution in [2.24, 2.45) is 0 Å². The summed E-state index contributed by atoms with van der Waals surface area (Å²) in [5.74, 6) is 1.65. The summed E-state index contributed by atoms with van der Waals surface area (Å²) in [5, 5.41) is 9.59. The number of hydrogen-bond acceptors (Lipinski definition) is 10. The van der Waals surface area contributed by atoms with Crippen molar-refractivity contribution in [3.63, 3.8) is 0 Å². The lowest BCUT2D eigenvalue weighted by molar-refractivity contribution is 0.243. The van der Waals surface area contributed by atoms with E-state index in [1.54, 1.807) is 26.0 Å². The summed E-state index contributed by atoms with van der Waals surface area (Å²) in [6.45, 7) is 11.3. The fourth-order valence-corrected chi connectivity index (χ4v) is 5.79. The highest BCUT2D eigenvalue weighted by Crippen LogP contribution is 2.37. The third-order valence-corrected chi connectivity index (χ3v) is 7.79. The van der Waals surface area contributed by atoms with Gasteiger partial charge in [0.2, 0.25) is 11.0 Å². The number of rotatable bonds is 10. The molecule has 39 heavy (non-hydrogen) atoms. The van der Waals surface area contributed by atoms with Gasteiger partial charge in [0.1, 0.15) is 10.8 Å². The minimum atomic E-state index is -4.11. The zero-order chi connectivity index (χ0) is 28.2. The second-order valence-electron chi connectivity index (χ2n) is 9.99. The van der Waals surface area contributed by atoms with Crippen LogP contribution in [0.4, 0.5) is 23.1 Å². The van der Waals surface area contributed by atoms with E-state index < -0.39 is 16.2 Å². The quantitative estimate of drug-likeness (QED) is 0.260. The van der Waals surface area contributed by atoms with Crippen LogP contribution in [-0.2, 0) is 14.3 Å². The van der Waals surface area contributed by atoms with Crippen LogP contribution < -0.4 is 20.7 Å². The van der Waals surface area contributed by atoms with Crippen LogP contribution in [-0.4, -0.2) is 48.7 Å². The summed E-state index contributed by atoms with van der Waals surface area (Å²) < 4.78 is 36.7. The maximum absolute atomic E-state index is 12.7. The molecule has 1 fully saturated rings.